The fourth-order valence-electron chi connectivity index (χ4n) is 1.30. The van der Waals surface area contributed by atoms with Gasteiger partial charge in [-0.3, -0.25) is 0 Å². The quantitative estimate of drug-likeness (QED) is 0.810. The number of anilines is 1. The summed E-state index contributed by atoms with van der Waals surface area (Å²) in [5, 5.41) is 2.89. The summed E-state index contributed by atoms with van der Waals surface area (Å²) in [4.78, 5) is 0. The van der Waals surface area contributed by atoms with Crippen molar-refractivity contribution in [2.45, 2.75) is 5.51 Å². The maximum atomic E-state index is 11.9. The minimum absolute atomic E-state index is 0.0583. The van der Waals surface area contributed by atoms with E-state index in [-0.39, 0.29) is 24.1 Å². The molecule has 0 aliphatic rings. The molecule has 0 atom stereocenters. The van der Waals surface area contributed by atoms with Crippen LogP contribution in [0.4, 0.5) is 18.9 Å². The van der Waals surface area contributed by atoms with Crippen LogP contribution in [0.3, 0.4) is 0 Å². The molecule has 1 rings (SSSR count). The summed E-state index contributed by atoms with van der Waals surface area (Å²) in [7, 11) is 3.02. The SMILES string of the molecule is COc1ccc(OC)c(NCCSC(F)(F)F)c1. The van der Waals surface area contributed by atoms with Crippen molar-refractivity contribution < 1.29 is 22.6 Å². The molecule has 0 radical (unpaired) electrons. The molecule has 102 valence electrons. The number of halogens is 3. The van der Waals surface area contributed by atoms with Gasteiger partial charge in [0.15, 0.2) is 0 Å². The van der Waals surface area contributed by atoms with Gasteiger partial charge in [0.05, 0.1) is 19.9 Å². The number of alkyl halides is 3. The van der Waals surface area contributed by atoms with Crippen molar-refractivity contribution in [2.75, 3.05) is 31.8 Å². The highest BCUT2D eigenvalue weighted by molar-refractivity contribution is 8.00. The second-order valence-electron chi connectivity index (χ2n) is 3.29. The fourth-order valence-corrected chi connectivity index (χ4v) is 1.74. The van der Waals surface area contributed by atoms with Crippen LogP contribution in [0.15, 0.2) is 18.2 Å². The van der Waals surface area contributed by atoms with E-state index in [1.807, 2.05) is 0 Å². The van der Waals surface area contributed by atoms with Crippen LogP contribution in [-0.4, -0.2) is 32.0 Å². The Hall–Kier alpha value is -1.24. The van der Waals surface area contributed by atoms with Crippen LogP contribution in [0.25, 0.3) is 0 Å². The smallest absolute Gasteiger partial charge is 0.441 e. The van der Waals surface area contributed by atoms with Crippen LogP contribution in [0.2, 0.25) is 0 Å². The highest BCUT2D eigenvalue weighted by atomic mass is 32.2. The molecular weight excluding hydrogens is 267 g/mol. The molecule has 1 N–H and O–H groups in total. The monoisotopic (exact) mass is 281 g/mol. The van der Waals surface area contributed by atoms with Gasteiger partial charge in [0.1, 0.15) is 11.5 Å². The van der Waals surface area contributed by atoms with Crippen LogP contribution in [0.1, 0.15) is 0 Å². The van der Waals surface area contributed by atoms with Gasteiger partial charge in [-0.05, 0) is 23.9 Å². The number of rotatable bonds is 6. The van der Waals surface area contributed by atoms with Crippen molar-refractivity contribution >= 4 is 17.4 Å². The summed E-state index contributed by atoms with van der Waals surface area (Å²) >= 11 is -0.0583. The van der Waals surface area contributed by atoms with Crippen molar-refractivity contribution in [2.24, 2.45) is 0 Å². The molecule has 3 nitrogen and oxygen atoms in total. The molecule has 0 aliphatic carbocycles. The number of hydrogen-bond donors (Lipinski definition) is 1. The van der Waals surface area contributed by atoms with Crippen LogP contribution < -0.4 is 14.8 Å². The highest BCUT2D eigenvalue weighted by Gasteiger charge is 2.27. The Morgan fingerprint density at radius 1 is 1.22 bits per heavy atom. The number of thioether (sulfide) groups is 1. The molecule has 0 unspecified atom stereocenters. The molecule has 0 aromatic heterocycles. The lowest BCUT2D eigenvalue weighted by atomic mass is 10.2. The summed E-state index contributed by atoms with van der Waals surface area (Å²) in [6.45, 7) is 0.188. The van der Waals surface area contributed by atoms with E-state index in [1.165, 1.54) is 14.2 Å². The lowest BCUT2D eigenvalue weighted by molar-refractivity contribution is -0.0327. The van der Waals surface area contributed by atoms with Crippen molar-refractivity contribution in [3.63, 3.8) is 0 Å². The number of methoxy groups -OCH3 is 2. The maximum Gasteiger partial charge on any atom is 0.441 e. The normalized spacial score (nSPS) is 11.2. The molecule has 0 saturated carbocycles. The first-order valence-electron chi connectivity index (χ1n) is 5.13. The molecule has 1 aromatic carbocycles. The van der Waals surface area contributed by atoms with Gasteiger partial charge in [-0.1, -0.05) is 0 Å². The molecule has 7 heteroatoms. The molecule has 0 bridgehead atoms. The molecule has 0 heterocycles. The number of nitrogens with one attached hydrogen (secondary N) is 1. The lowest BCUT2D eigenvalue weighted by Crippen LogP contribution is -2.10. The lowest BCUT2D eigenvalue weighted by Gasteiger charge is -2.12. The minimum atomic E-state index is -4.19. The summed E-state index contributed by atoms with van der Waals surface area (Å²) in [5.74, 6) is 1.11. The molecule has 0 amide bonds. The summed E-state index contributed by atoms with van der Waals surface area (Å²) in [6, 6.07) is 5.09. The van der Waals surface area contributed by atoms with Crippen LogP contribution >= 0.6 is 11.8 Å². The van der Waals surface area contributed by atoms with Crippen molar-refractivity contribution in [3.8, 4) is 11.5 Å². The van der Waals surface area contributed by atoms with E-state index in [9.17, 15) is 13.2 Å². The van der Waals surface area contributed by atoms with Crippen molar-refractivity contribution in [1.29, 1.82) is 0 Å². The predicted molar refractivity (Wildman–Crippen MR) is 66.5 cm³/mol. The van der Waals surface area contributed by atoms with Gasteiger partial charge in [-0.2, -0.15) is 13.2 Å². The van der Waals surface area contributed by atoms with Gasteiger partial charge >= 0.3 is 5.51 Å². The van der Waals surface area contributed by atoms with E-state index < -0.39 is 5.51 Å². The molecule has 0 spiro atoms. The fraction of sp³-hybridized carbons (Fsp3) is 0.455. The summed E-state index contributed by atoms with van der Waals surface area (Å²) in [6.07, 6.45) is 0. The molecular formula is C11H14F3NO2S. The average molecular weight is 281 g/mol. The first kappa shape index (κ1) is 14.8. The third-order valence-corrected chi connectivity index (χ3v) is 2.83. The Labute approximate surface area is 108 Å². The van der Waals surface area contributed by atoms with Gasteiger partial charge in [0.2, 0.25) is 0 Å². The predicted octanol–water partition coefficient (Wildman–Crippen LogP) is 3.37. The topological polar surface area (TPSA) is 30.5 Å². The Kier molecular flexibility index (Phi) is 5.46. The van der Waals surface area contributed by atoms with Crippen molar-refractivity contribution in [1.82, 2.24) is 0 Å². The van der Waals surface area contributed by atoms with E-state index in [0.29, 0.717) is 17.2 Å². The van der Waals surface area contributed by atoms with E-state index in [2.05, 4.69) is 5.32 Å². The van der Waals surface area contributed by atoms with E-state index in [4.69, 9.17) is 9.47 Å². The number of benzene rings is 1. The zero-order valence-electron chi connectivity index (χ0n) is 10.0. The molecule has 0 saturated heterocycles. The second kappa shape index (κ2) is 6.63. The van der Waals surface area contributed by atoms with Gasteiger partial charge in [-0.15, -0.1) is 0 Å². The first-order valence-corrected chi connectivity index (χ1v) is 6.11. The third-order valence-electron chi connectivity index (χ3n) is 2.09. The third kappa shape index (κ3) is 4.95. The standard InChI is InChI=1S/C11H14F3NO2S/c1-16-8-3-4-10(17-2)9(7-8)15-5-6-18-11(12,13)14/h3-4,7,15H,5-6H2,1-2H3. The Morgan fingerprint density at radius 2 is 1.94 bits per heavy atom. The number of hydrogen-bond acceptors (Lipinski definition) is 4. The maximum absolute atomic E-state index is 11.9. The Balaban J connectivity index is 2.54. The summed E-state index contributed by atoms with van der Waals surface area (Å²) in [5.41, 5.74) is -3.58. The molecule has 1 aromatic rings. The van der Waals surface area contributed by atoms with Gasteiger partial charge < -0.3 is 14.8 Å². The van der Waals surface area contributed by atoms with Gasteiger partial charge in [0.25, 0.3) is 0 Å². The van der Waals surface area contributed by atoms with Crippen LogP contribution in [0, 0.1) is 0 Å². The largest absolute Gasteiger partial charge is 0.497 e. The zero-order valence-corrected chi connectivity index (χ0v) is 10.8. The zero-order chi connectivity index (χ0) is 13.6. The minimum Gasteiger partial charge on any atom is -0.497 e. The van der Waals surface area contributed by atoms with E-state index in [1.54, 1.807) is 18.2 Å². The Morgan fingerprint density at radius 3 is 2.50 bits per heavy atom. The number of ether oxygens (including phenoxy) is 2. The molecule has 18 heavy (non-hydrogen) atoms. The van der Waals surface area contributed by atoms with E-state index >= 15 is 0 Å². The summed E-state index contributed by atoms with van der Waals surface area (Å²) < 4.78 is 45.9. The first-order chi connectivity index (χ1) is 8.46. The van der Waals surface area contributed by atoms with Gasteiger partial charge in [-0.25, -0.2) is 0 Å². The van der Waals surface area contributed by atoms with Crippen LogP contribution in [-0.2, 0) is 0 Å². The second-order valence-corrected chi connectivity index (χ2v) is 4.45. The van der Waals surface area contributed by atoms with E-state index in [0.717, 1.165) is 0 Å². The average Bonchev–Trinajstić information content (AvgIpc) is 2.33. The van der Waals surface area contributed by atoms with Crippen molar-refractivity contribution in [3.05, 3.63) is 18.2 Å². The Bertz CT molecular complexity index is 385. The van der Waals surface area contributed by atoms with Gasteiger partial charge in [0, 0.05) is 18.4 Å². The molecule has 0 fully saturated rings. The van der Waals surface area contributed by atoms with Crippen LogP contribution in [0.5, 0.6) is 11.5 Å². The highest BCUT2D eigenvalue weighted by Crippen LogP contribution is 2.31. The molecule has 0 aliphatic heterocycles.